The minimum atomic E-state index is 0.936. The number of hydrogen-bond acceptors (Lipinski definition) is 1. The lowest BCUT2D eigenvalue weighted by Crippen LogP contribution is -2.16. The fraction of sp³-hybridized carbons (Fsp3) is 0.607. The van der Waals surface area contributed by atoms with Gasteiger partial charge in [-0.15, -0.1) is 0 Å². The average molecular weight is 392 g/mol. The van der Waals surface area contributed by atoms with Crippen LogP contribution < -0.4 is 0 Å². The van der Waals surface area contributed by atoms with Gasteiger partial charge >= 0.3 is 0 Å². The first kappa shape index (κ1) is 22.1. The van der Waals surface area contributed by atoms with E-state index >= 15 is 0 Å². The van der Waals surface area contributed by atoms with E-state index in [0.29, 0.717) is 0 Å². The zero-order chi connectivity index (χ0) is 20.3. The van der Waals surface area contributed by atoms with Crippen LogP contribution in [0.15, 0.2) is 42.6 Å². The zero-order valence-electron chi connectivity index (χ0n) is 18.8. The second kappa shape index (κ2) is 12.2. The highest BCUT2D eigenvalue weighted by Gasteiger charge is 2.21. The van der Waals surface area contributed by atoms with Crippen molar-refractivity contribution in [2.24, 2.45) is 11.8 Å². The predicted molar refractivity (Wildman–Crippen MR) is 126 cm³/mol. The molecular formula is C28H41N. The second-order valence-corrected chi connectivity index (χ2v) is 9.29. The minimum absolute atomic E-state index is 0.936. The SMILES string of the molecule is CCCCCC1CCCC(CCc2ccc(-c3ccc(CCCC)cc3)nc2)C1. The van der Waals surface area contributed by atoms with Gasteiger partial charge in [0.1, 0.15) is 0 Å². The van der Waals surface area contributed by atoms with Crippen molar-refractivity contribution in [1.82, 2.24) is 4.98 Å². The van der Waals surface area contributed by atoms with E-state index in [1.807, 2.05) is 0 Å². The molecule has 0 saturated heterocycles. The molecule has 1 fully saturated rings. The maximum atomic E-state index is 4.77. The van der Waals surface area contributed by atoms with Gasteiger partial charge in [-0.1, -0.05) is 95.5 Å². The van der Waals surface area contributed by atoms with E-state index in [9.17, 15) is 0 Å². The molecule has 1 nitrogen and oxygen atoms in total. The summed E-state index contributed by atoms with van der Waals surface area (Å²) in [7, 11) is 0. The van der Waals surface area contributed by atoms with E-state index in [1.54, 1.807) is 0 Å². The van der Waals surface area contributed by atoms with Crippen molar-refractivity contribution < 1.29 is 0 Å². The second-order valence-electron chi connectivity index (χ2n) is 9.29. The smallest absolute Gasteiger partial charge is 0.0702 e. The van der Waals surface area contributed by atoms with Crippen LogP contribution in [0.1, 0.15) is 95.6 Å². The number of pyridine rings is 1. The molecule has 2 unspecified atom stereocenters. The third-order valence-electron chi connectivity index (χ3n) is 6.84. The van der Waals surface area contributed by atoms with Crippen molar-refractivity contribution in [1.29, 1.82) is 0 Å². The van der Waals surface area contributed by atoms with E-state index in [0.717, 1.165) is 17.5 Å². The van der Waals surface area contributed by atoms with Gasteiger partial charge in [-0.25, -0.2) is 0 Å². The largest absolute Gasteiger partial charge is 0.256 e. The Kier molecular flexibility index (Phi) is 9.25. The van der Waals surface area contributed by atoms with Gasteiger partial charge in [0.2, 0.25) is 0 Å². The summed E-state index contributed by atoms with van der Waals surface area (Å²) in [4.78, 5) is 4.77. The van der Waals surface area contributed by atoms with Crippen molar-refractivity contribution in [2.75, 3.05) is 0 Å². The molecule has 1 heterocycles. The maximum absolute atomic E-state index is 4.77. The van der Waals surface area contributed by atoms with Crippen LogP contribution in [-0.2, 0) is 12.8 Å². The Labute approximate surface area is 179 Å². The summed E-state index contributed by atoms with van der Waals surface area (Å²) in [5, 5.41) is 0. The van der Waals surface area contributed by atoms with Gasteiger partial charge in [-0.05, 0) is 61.1 Å². The van der Waals surface area contributed by atoms with Gasteiger partial charge in [0, 0.05) is 11.8 Å². The van der Waals surface area contributed by atoms with Crippen LogP contribution >= 0.6 is 0 Å². The normalized spacial score (nSPS) is 19.4. The number of unbranched alkanes of at least 4 members (excludes halogenated alkanes) is 3. The van der Waals surface area contributed by atoms with Gasteiger partial charge in [-0.3, -0.25) is 4.98 Å². The highest BCUT2D eigenvalue weighted by atomic mass is 14.7. The number of aryl methyl sites for hydroxylation is 2. The monoisotopic (exact) mass is 391 g/mol. The Balaban J connectivity index is 1.46. The third-order valence-corrected chi connectivity index (χ3v) is 6.84. The first-order valence-electron chi connectivity index (χ1n) is 12.3. The number of aromatic nitrogens is 1. The fourth-order valence-electron chi connectivity index (χ4n) is 4.95. The van der Waals surface area contributed by atoms with Crippen molar-refractivity contribution in [3.8, 4) is 11.3 Å². The van der Waals surface area contributed by atoms with Crippen LogP contribution in [0.4, 0.5) is 0 Å². The summed E-state index contributed by atoms with van der Waals surface area (Å²) < 4.78 is 0. The average Bonchev–Trinajstić information content (AvgIpc) is 2.77. The fourth-order valence-corrected chi connectivity index (χ4v) is 4.95. The molecule has 0 spiro atoms. The molecule has 1 aromatic heterocycles. The molecule has 2 atom stereocenters. The quantitative estimate of drug-likeness (QED) is 0.350. The highest BCUT2D eigenvalue weighted by Crippen LogP contribution is 2.34. The molecular weight excluding hydrogens is 350 g/mol. The molecule has 1 aromatic carbocycles. The molecule has 3 rings (SSSR count). The Morgan fingerprint density at radius 3 is 2.17 bits per heavy atom. The topological polar surface area (TPSA) is 12.9 Å². The van der Waals surface area contributed by atoms with Crippen molar-refractivity contribution in [3.63, 3.8) is 0 Å². The maximum Gasteiger partial charge on any atom is 0.0702 e. The van der Waals surface area contributed by atoms with E-state index in [-0.39, 0.29) is 0 Å². The summed E-state index contributed by atoms with van der Waals surface area (Å²) in [6.45, 7) is 4.56. The van der Waals surface area contributed by atoms with Crippen LogP contribution in [0.5, 0.6) is 0 Å². The first-order chi connectivity index (χ1) is 14.3. The molecule has 158 valence electrons. The lowest BCUT2D eigenvalue weighted by Gasteiger charge is -2.29. The molecule has 1 aliphatic carbocycles. The molecule has 1 aliphatic rings. The van der Waals surface area contributed by atoms with E-state index in [1.165, 1.54) is 100 Å². The summed E-state index contributed by atoms with van der Waals surface area (Å²) in [5.41, 5.74) is 5.18. The zero-order valence-corrected chi connectivity index (χ0v) is 18.8. The Morgan fingerprint density at radius 1 is 0.759 bits per heavy atom. The molecule has 1 saturated carbocycles. The molecule has 0 radical (unpaired) electrons. The van der Waals surface area contributed by atoms with Gasteiger partial charge in [0.05, 0.1) is 5.69 Å². The van der Waals surface area contributed by atoms with Crippen molar-refractivity contribution in [3.05, 3.63) is 53.7 Å². The Hall–Kier alpha value is -1.63. The van der Waals surface area contributed by atoms with E-state index in [2.05, 4.69) is 56.4 Å². The summed E-state index contributed by atoms with van der Waals surface area (Å²) >= 11 is 0. The van der Waals surface area contributed by atoms with Gasteiger partial charge < -0.3 is 0 Å². The number of hydrogen-bond donors (Lipinski definition) is 0. The Morgan fingerprint density at radius 2 is 1.48 bits per heavy atom. The van der Waals surface area contributed by atoms with Gasteiger partial charge in [0.25, 0.3) is 0 Å². The molecule has 0 N–H and O–H groups in total. The molecule has 1 heteroatoms. The van der Waals surface area contributed by atoms with Gasteiger partial charge in [0.15, 0.2) is 0 Å². The number of benzene rings is 1. The van der Waals surface area contributed by atoms with Crippen LogP contribution in [0.3, 0.4) is 0 Å². The highest BCUT2D eigenvalue weighted by molar-refractivity contribution is 5.59. The van der Waals surface area contributed by atoms with Crippen molar-refractivity contribution >= 4 is 0 Å². The lowest BCUT2D eigenvalue weighted by molar-refractivity contribution is 0.240. The van der Waals surface area contributed by atoms with Gasteiger partial charge in [-0.2, -0.15) is 0 Å². The standard InChI is InChI=1S/C28H41N/c1-3-5-7-10-24-11-8-12-25(21-24)13-14-26-17-20-28(29-22-26)27-18-15-23(16-19-27)9-6-4-2/h15-20,22,24-25H,3-14,21H2,1-2H3. The molecule has 29 heavy (non-hydrogen) atoms. The van der Waals surface area contributed by atoms with Crippen LogP contribution in [0.2, 0.25) is 0 Å². The molecule has 0 bridgehead atoms. The number of nitrogens with zero attached hydrogens (tertiary/aromatic N) is 1. The van der Waals surface area contributed by atoms with Crippen LogP contribution in [0.25, 0.3) is 11.3 Å². The van der Waals surface area contributed by atoms with Crippen LogP contribution in [0, 0.1) is 11.8 Å². The number of rotatable bonds is 11. The molecule has 2 aromatic rings. The predicted octanol–water partition coefficient (Wildman–Crippen LogP) is 8.41. The molecule has 0 aliphatic heterocycles. The third kappa shape index (κ3) is 7.28. The minimum Gasteiger partial charge on any atom is -0.256 e. The van der Waals surface area contributed by atoms with Crippen molar-refractivity contribution in [2.45, 2.75) is 97.3 Å². The van der Waals surface area contributed by atoms with E-state index < -0.39 is 0 Å². The summed E-state index contributed by atoms with van der Waals surface area (Å²) in [5.74, 6) is 1.94. The first-order valence-corrected chi connectivity index (χ1v) is 12.3. The summed E-state index contributed by atoms with van der Waals surface area (Å²) in [6.07, 6.45) is 19.9. The molecule has 0 amide bonds. The van der Waals surface area contributed by atoms with Crippen LogP contribution in [-0.4, -0.2) is 4.98 Å². The Bertz CT molecular complexity index is 685. The summed E-state index contributed by atoms with van der Waals surface area (Å²) in [6, 6.07) is 13.5. The lowest BCUT2D eigenvalue weighted by atomic mass is 9.77. The van der Waals surface area contributed by atoms with E-state index in [4.69, 9.17) is 4.98 Å².